The fourth-order valence-corrected chi connectivity index (χ4v) is 1.07. The van der Waals surface area contributed by atoms with E-state index in [1.807, 2.05) is 0 Å². The Kier molecular flexibility index (Phi) is 10.5. The van der Waals surface area contributed by atoms with E-state index in [1.54, 1.807) is 0 Å². The molecule has 0 spiro atoms. The van der Waals surface area contributed by atoms with Crippen molar-refractivity contribution in [1.82, 2.24) is 0 Å². The Morgan fingerprint density at radius 2 is 1.69 bits per heavy atom. The third-order valence-electron chi connectivity index (χ3n) is 1.55. The van der Waals surface area contributed by atoms with Crippen LogP contribution in [-0.4, -0.2) is 0 Å². The van der Waals surface area contributed by atoms with Gasteiger partial charge in [-0.25, -0.2) is 19.6 Å². The molecule has 0 unspecified atom stereocenters. The fourth-order valence-electron chi connectivity index (χ4n) is 1.07. The third-order valence-corrected chi connectivity index (χ3v) is 1.55. The molecule has 2 aromatic rings. The van der Waals surface area contributed by atoms with Gasteiger partial charge in [0.25, 0.3) is 0 Å². The second-order valence-electron chi connectivity index (χ2n) is 2.66. The summed E-state index contributed by atoms with van der Waals surface area (Å²) in [5.41, 5.74) is 0. The number of allylic oxidation sites excluding steroid dienone is 1. The van der Waals surface area contributed by atoms with Crippen molar-refractivity contribution in [3.05, 3.63) is 62.0 Å². The van der Waals surface area contributed by atoms with Crippen molar-refractivity contribution in [1.29, 1.82) is 0 Å². The van der Waals surface area contributed by atoms with Crippen molar-refractivity contribution in [3.8, 4) is 0 Å². The summed E-state index contributed by atoms with van der Waals surface area (Å²) < 4.78 is 0. The molecule has 0 aliphatic rings. The van der Waals surface area contributed by atoms with Crippen LogP contribution in [0.5, 0.6) is 0 Å². The largest absolute Gasteiger partial charge is 0.168 e. The van der Waals surface area contributed by atoms with Gasteiger partial charge in [0.2, 0.25) is 0 Å². The summed E-state index contributed by atoms with van der Waals surface area (Å²) in [6.45, 7) is 6.50. The molecule has 0 fully saturated rings. The van der Waals surface area contributed by atoms with Crippen LogP contribution in [-0.2, 0) is 18.2 Å². The van der Waals surface area contributed by atoms with E-state index in [1.165, 1.54) is 16.8 Å². The number of halogens is 3. The summed E-state index contributed by atoms with van der Waals surface area (Å²) in [6.07, 6.45) is 1.50. The maximum Gasteiger partial charge on any atom is -0.0809 e. The Balaban J connectivity index is 0.000000275. The van der Waals surface area contributed by atoms with Crippen LogP contribution in [0.1, 0.15) is 0 Å². The van der Waals surface area contributed by atoms with Gasteiger partial charge in [-0.15, -0.1) is 29.7 Å². The van der Waals surface area contributed by atoms with Crippen molar-refractivity contribution in [2.24, 2.45) is 0 Å². The molecule has 4 heteroatoms. The van der Waals surface area contributed by atoms with Gasteiger partial charge in [-0.3, -0.25) is 0 Å². The molecule has 0 aliphatic carbocycles. The molecule has 0 heterocycles. The van der Waals surface area contributed by atoms with Gasteiger partial charge in [0.05, 0.1) is 0 Å². The smallest absolute Gasteiger partial charge is 0.0809 e. The molecule has 16 heavy (non-hydrogen) atoms. The van der Waals surface area contributed by atoms with Crippen molar-refractivity contribution in [2.75, 3.05) is 0 Å². The Labute approximate surface area is 116 Å². The van der Waals surface area contributed by atoms with Gasteiger partial charge in [-0.2, -0.15) is 17.5 Å². The molecule has 0 saturated heterocycles. The molecule has 2 rings (SSSR count). The van der Waals surface area contributed by atoms with E-state index in [0.717, 1.165) is 0 Å². The zero-order valence-corrected chi connectivity index (χ0v) is 13.4. The predicted molar refractivity (Wildman–Crippen MR) is 72.7 cm³/mol. The number of hydrogen-bond acceptors (Lipinski definition) is 0. The minimum Gasteiger partial charge on any atom is -0.168 e. The molecule has 0 saturated carbocycles. The predicted octanol–water partition coefficient (Wildman–Crippen LogP) is 5.63. The van der Waals surface area contributed by atoms with Gasteiger partial charge in [-0.05, 0) is 0 Å². The molecular weight excluding hydrogens is 342 g/mol. The zero-order chi connectivity index (χ0) is 12.4. The Morgan fingerprint density at radius 1 is 1.19 bits per heavy atom. The van der Waals surface area contributed by atoms with Crippen molar-refractivity contribution in [3.63, 3.8) is 0 Å². The normalized spacial score (nSPS) is 8.19. The van der Waals surface area contributed by atoms with Crippen LogP contribution in [0.15, 0.2) is 55.1 Å². The van der Waals surface area contributed by atoms with Crippen molar-refractivity contribution in [2.45, 2.75) is 0 Å². The van der Waals surface area contributed by atoms with E-state index >= 15 is 0 Å². The standard InChI is InChI=1S/C9H7.C3H5.3ClH.Zr/c1-2-5-9-7-3-6-8(9)4-1;1-3-2;;;;/h1-7H;3H,1-2H2;3*1H;/q2*-1;;;;+3/p-3. The minimum absolute atomic E-state index is 1.33. The van der Waals surface area contributed by atoms with E-state index < -0.39 is 18.2 Å². The number of fused-ring (bicyclic) bond motifs is 1. The van der Waals surface area contributed by atoms with E-state index in [4.69, 9.17) is 25.5 Å². The average molecular weight is 354 g/mol. The molecule has 0 radical (unpaired) electrons. The molecule has 0 N–H and O–H groups in total. The van der Waals surface area contributed by atoms with Crippen LogP contribution < -0.4 is 0 Å². The van der Waals surface area contributed by atoms with Crippen LogP contribution in [0, 0.1) is 6.92 Å². The van der Waals surface area contributed by atoms with Crippen molar-refractivity contribution >= 4 is 36.3 Å². The maximum absolute atomic E-state index is 5.00. The fraction of sp³-hybridized carbons (Fsp3) is 0. The Morgan fingerprint density at radius 3 is 2.19 bits per heavy atom. The molecular formula is C12H12Cl3Zr-2. The molecule has 0 atom stereocenters. The molecule has 2 aromatic carbocycles. The summed E-state index contributed by atoms with van der Waals surface area (Å²) in [5.74, 6) is 0. The topological polar surface area (TPSA) is 0 Å². The second kappa shape index (κ2) is 10.4. The van der Waals surface area contributed by atoms with Gasteiger partial charge in [0.15, 0.2) is 0 Å². The first-order valence-electron chi connectivity index (χ1n) is 4.45. The molecule has 0 aromatic heterocycles. The summed E-state index contributed by atoms with van der Waals surface area (Å²) in [4.78, 5) is 0. The molecule has 0 bridgehead atoms. The van der Waals surface area contributed by atoms with Crippen LogP contribution in [0.3, 0.4) is 0 Å². The van der Waals surface area contributed by atoms with Crippen LogP contribution >= 0.6 is 25.5 Å². The number of benzene rings is 1. The summed E-state index contributed by atoms with van der Waals surface area (Å²) in [7, 11) is 15.0. The number of hydrogen-bond donors (Lipinski definition) is 0. The Hall–Kier alpha value is 0.193. The first-order chi connectivity index (χ1) is 7.61. The first-order valence-corrected chi connectivity index (χ1v) is 14.0. The minimum atomic E-state index is -2.13. The van der Waals surface area contributed by atoms with E-state index in [2.05, 4.69) is 56.0 Å². The molecule has 0 aliphatic heterocycles. The van der Waals surface area contributed by atoms with E-state index in [0.29, 0.717) is 0 Å². The summed E-state index contributed by atoms with van der Waals surface area (Å²) >= 11 is -2.13. The SMILES string of the molecule is C=C[CH2-].[Cl][Zr]([Cl])[Cl].c1ccc2[cH-]ccc2c1. The maximum atomic E-state index is 5.00. The van der Waals surface area contributed by atoms with Gasteiger partial charge < -0.3 is 0 Å². The van der Waals surface area contributed by atoms with Crippen LogP contribution in [0.4, 0.5) is 0 Å². The monoisotopic (exact) mass is 351 g/mol. The average Bonchev–Trinajstić information content (AvgIpc) is 2.65. The molecule has 0 amide bonds. The van der Waals surface area contributed by atoms with Crippen LogP contribution in [0.2, 0.25) is 0 Å². The van der Waals surface area contributed by atoms with Gasteiger partial charge in [0.1, 0.15) is 0 Å². The second-order valence-corrected chi connectivity index (χ2v) is 13.9. The first kappa shape index (κ1) is 16.2. The van der Waals surface area contributed by atoms with Gasteiger partial charge >= 0.3 is 43.7 Å². The zero-order valence-electron chi connectivity index (χ0n) is 8.67. The Bertz CT molecular complexity index is 363. The summed E-state index contributed by atoms with van der Waals surface area (Å²) in [5, 5.41) is 2.66. The molecule has 0 nitrogen and oxygen atoms in total. The molecule has 87 valence electrons. The van der Waals surface area contributed by atoms with Gasteiger partial charge in [-0.1, -0.05) is 6.07 Å². The van der Waals surface area contributed by atoms with E-state index in [9.17, 15) is 0 Å². The van der Waals surface area contributed by atoms with Gasteiger partial charge in [0, 0.05) is 0 Å². The third kappa shape index (κ3) is 8.36. The van der Waals surface area contributed by atoms with Crippen molar-refractivity contribution < 1.29 is 18.2 Å². The van der Waals surface area contributed by atoms with Crippen LogP contribution in [0.25, 0.3) is 10.8 Å². The number of rotatable bonds is 0. The van der Waals surface area contributed by atoms with E-state index in [-0.39, 0.29) is 0 Å². The summed E-state index contributed by atoms with van der Waals surface area (Å²) in [6, 6.07) is 14.7. The quantitative estimate of drug-likeness (QED) is 0.538.